The normalized spacial score (nSPS) is 19.4. The van der Waals surface area contributed by atoms with Crippen LogP contribution in [0.25, 0.3) is 0 Å². The van der Waals surface area contributed by atoms with E-state index in [1.807, 2.05) is 29.2 Å². The summed E-state index contributed by atoms with van der Waals surface area (Å²) < 4.78 is 5.30. The molecule has 154 valence electrons. The molecule has 1 aliphatic carbocycles. The molecule has 1 aromatic carbocycles. The number of nitrogens with one attached hydrogen (secondary N) is 2. The number of carbonyl (C=O) groups is 2. The van der Waals surface area contributed by atoms with E-state index in [-0.39, 0.29) is 17.9 Å². The molecule has 0 spiro atoms. The first-order valence-corrected chi connectivity index (χ1v) is 10.7. The SMILES string of the molecule is COc1ccccc1NC(=O)C1CCN(C(=O)NC2CCCCCCC2)CC1. The lowest BCUT2D eigenvalue weighted by molar-refractivity contribution is -0.121. The minimum atomic E-state index is -0.0737. The second-order valence-corrected chi connectivity index (χ2v) is 7.94. The average molecular weight is 388 g/mol. The molecule has 1 saturated heterocycles. The number of benzene rings is 1. The topological polar surface area (TPSA) is 70.7 Å². The number of urea groups is 1. The second-order valence-electron chi connectivity index (χ2n) is 7.94. The van der Waals surface area contributed by atoms with E-state index in [0.29, 0.717) is 43.4 Å². The summed E-state index contributed by atoms with van der Waals surface area (Å²) in [5, 5.41) is 6.20. The zero-order chi connectivity index (χ0) is 19.8. The molecule has 1 heterocycles. The molecule has 1 aliphatic heterocycles. The first kappa shape index (κ1) is 20.5. The van der Waals surface area contributed by atoms with Gasteiger partial charge in [0.25, 0.3) is 0 Å². The van der Waals surface area contributed by atoms with Crippen molar-refractivity contribution in [2.75, 3.05) is 25.5 Å². The molecule has 1 saturated carbocycles. The third-order valence-electron chi connectivity index (χ3n) is 5.95. The Kier molecular flexibility index (Phi) is 7.57. The van der Waals surface area contributed by atoms with Crippen LogP contribution in [-0.2, 0) is 4.79 Å². The molecule has 1 aromatic rings. The van der Waals surface area contributed by atoms with Crippen molar-refractivity contribution in [3.63, 3.8) is 0 Å². The molecule has 0 aromatic heterocycles. The zero-order valence-electron chi connectivity index (χ0n) is 16.9. The van der Waals surface area contributed by atoms with Crippen LogP contribution in [0.2, 0.25) is 0 Å². The number of para-hydroxylation sites is 2. The van der Waals surface area contributed by atoms with Crippen molar-refractivity contribution in [3.05, 3.63) is 24.3 Å². The van der Waals surface area contributed by atoms with Crippen LogP contribution in [0.15, 0.2) is 24.3 Å². The third-order valence-corrected chi connectivity index (χ3v) is 5.95. The minimum Gasteiger partial charge on any atom is -0.495 e. The number of piperidine rings is 1. The summed E-state index contributed by atoms with van der Waals surface area (Å²) in [4.78, 5) is 27.1. The highest BCUT2D eigenvalue weighted by Crippen LogP contribution is 2.26. The Balaban J connectivity index is 1.45. The van der Waals surface area contributed by atoms with Gasteiger partial charge in [-0.2, -0.15) is 0 Å². The van der Waals surface area contributed by atoms with Crippen molar-refractivity contribution in [2.45, 2.75) is 63.8 Å². The highest BCUT2D eigenvalue weighted by molar-refractivity contribution is 5.94. The van der Waals surface area contributed by atoms with E-state index in [4.69, 9.17) is 4.74 Å². The number of anilines is 1. The molecule has 0 atom stereocenters. The lowest BCUT2D eigenvalue weighted by Crippen LogP contribution is -2.49. The van der Waals surface area contributed by atoms with E-state index >= 15 is 0 Å². The van der Waals surface area contributed by atoms with Crippen molar-refractivity contribution in [2.24, 2.45) is 5.92 Å². The first-order chi connectivity index (χ1) is 13.7. The number of methoxy groups -OCH3 is 1. The van der Waals surface area contributed by atoms with Gasteiger partial charge in [0.05, 0.1) is 12.8 Å². The Labute approximate surface area is 168 Å². The summed E-state index contributed by atoms with van der Waals surface area (Å²) in [7, 11) is 1.60. The molecule has 6 nitrogen and oxygen atoms in total. The van der Waals surface area contributed by atoms with Gasteiger partial charge in [0.1, 0.15) is 5.75 Å². The van der Waals surface area contributed by atoms with E-state index in [1.165, 1.54) is 32.1 Å². The second kappa shape index (κ2) is 10.3. The van der Waals surface area contributed by atoms with Gasteiger partial charge >= 0.3 is 6.03 Å². The van der Waals surface area contributed by atoms with Crippen molar-refractivity contribution < 1.29 is 14.3 Å². The van der Waals surface area contributed by atoms with Crippen molar-refractivity contribution in [3.8, 4) is 5.75 Å². The van der Waals surface area contributed by atoms with Crippen LogP contribution >= 0.6 is 0 Å². The molecule has 3 amide bonds. The smallest absolute Gasteiger partial charge is 0.317 e. The molecule has 0 radical (unpaired) electrons. The van der Waals surface area contributed by atoms with E-state index in [0.717, 1.165) is 12.8 Å². The lowest BCUT2D eigenvalue weighted by Gasteiger charge is -2.33. The van der Waals surface area contributed by atoms with Gasteiger partial charge in [-0.25, -0.2) is 4.79 Å². The molecule has 0 bridgehead atoms. The predicted molar refractivity (Wildman–Crippen MR) is 111 cm³/mol. The van der Waals surface area contributed by atoms with Crippen molar-refractivity contribution in [1.82, 2.24) is 10.2 Å². The van der Waals surface area contributed by atoms with Crippen LogP contribution in [0.5, 0.6) is 5.75 Å². The maximum atomic E-state index is 12.6. The molecular formula is C22H33N3O3. The van der Waals surface area contributed by atoms with Crippen molar-refractivity contribution >= 4 is 17.6 Å². The minimum absolute atomic E-state index is 0.00424. The Morgan fingerprint density at radius 2 is 1.61 bits per heavy atom. The zero-order valence-corrected chi connectivity index (χ0v) is 16.9. The summed E-state index contributed by atoms with van der Waals surface area (Å²) in [6.45, 7) is 1.26. The number of amides is 3. The van der Waals surface area contributed by atoms with Gasteiger partial charge in [0, 0.05) is 25.0 Å². The standard InChI is InChI=1S/C22H33N3O3/c1-28-20-12-8-7-11-19(20)24-21(26)17-13-15-25(16-14-17)22(27)23-18-9-5-3-2-4-6-10-18/h7-8,11-12,17-18H,2-6,9-10,13-16H2,1H3,(H,23,27)(H,24,26). The van der Waals surface area contributed by atoms with Crippen molar-refractivity contribution in [1.29, 1.82) is 0 Å². The number of hydrogen-bond donors (Lipinski definition) is 2. The Bertz CT molecular complexity index is 648. The number of rotatable bonds is 4. The summed E-state index contributed by atoms with van der Waals surface area (Å²) in [5.41, 5.74) is 0.694. The molecule has 0 unspecified atom stereocenters. The van der Waals surface area contributed by atoms with Crippen LogP contribution in [-0.4, -0.2) is 43.1 Å². The third kappa shape index (κ3) is 5.63. The van der Waals surface area contributed by atoms with Crippen LogP contribution in [0.3, 0.4) is 0 Å². The maximum absolute atomic E-state index is 12.6. The van der Waals surface area contributed by atoms with Gasteiger partial charge in [0.2, 0.25) is 5.91 Å². The molecule has 6 heteroatoms. The summed E-state index contributed by atoms with van der Waals surface area (Å²) in [5.74, 6) is 0.590. The van der Waals surface area contributed by atoms with Gasteiger partial charge in [-0.15, -0.1) is 0 Å². The van der Waals surface area contributed by atoms with Gasteiger partial charge in [-0.3, -0.25) is 4.79 Å². The van der Waals surface area contributed by atoms with Gasteiger partial charge in [-0.05, 0) is 37.8 Å². The fourth-order valence-electron chi connectivity index (χ4n) is 4.19. The Morgan fingerprint density at radius 3 is 2.29 bits per heavy atom. The molecular weight excluding hydrogens is 354 g/mol. The maximum Gasteiger partial charge on any atom is 0.317 e. The average Bonchev–Trinajstić information content (AvgIpc) is 2.70. The summed E-state index contributed by atoms with van der Waals surface area (Å²) in [6.07, 6.45) is 9.85. The van der Waals surface area contributed by atoms with E-state index in [2.05, 4.69) is 10.6 Å². The number of nitrogens with zero attached hydrogens (tertiary/aromatic N) is 1. The molecule has 3 rings (SSSR count). The number of ether oxygens (including phenoxy) is 1. The first-order valence-electron chi connectivity index (χ1n) is 10.7. The van der Waals surface area contributed by atoms with Crippen LogP contribution < -0.4 is 15.4 Å². The van der Waals surface area contributed by atoms with Gasteiger partial charge in [0.15, 0.2) is 0 Å². The predicted octanol–water partition coefficient (Wildman–Crippen LogP) is 4.17. The fourth-order valence-corrected chi connectivity index (χ4v) is 4.19. The van der Waals surface area contributed by atoms with Crippen LogP contribution in [0.4, 0.5) is 10.5 Å². The molecule has 28 heavy (non-hydrogen) atoms. The number of likely N-dealkylation sites (tertiary alicyclic amines) is 1. The quantitative estimate of drug-likeness (QED) is 0.815. The highest BCUT2D eigenvalue weighted by Gasteiger charge is 2.28. The Morgan fingerprint density at radius 1 is 0.964 bits per heavy atom. The Hall–Kier alpha value is -2.24. The number of carbonyl (C=O) groups excluding carboxylic acids is 2. The van der Waals surface area contributed by atoms with E-state index < -0.39 is 0 Å². The molecule has 2 fully saturated rings. The fraction of sp³-hybridized carbons (Fsp3) is 0.636. The van der Waals surface area contributed by atoms with E-state index in [1.54, 1.807) is 7.11 Å². The largest absolute Gasteiger partial charge is 0.495 e. The van der Waals surface area contributed by atoms with Crippen LogP contribution in [0.1, 0.15) is 57.8 Å². The summed E-state index contributed by atoms with van der Waals surface area (Å²) in [6, 6.07) is 7.77. The monoisotopic (exact) mass is 387 g/mol. The molecule has 2 N–H and O–H groups in total. The highest BCUT2D eigenvalue weighted by atomic mass is 16.5. The van der Waals surface area contributed by atoms with Crippen LogP contribution in [0, 0.1) is 5.92 Å². The van der Waals surface area contributed by atoms with Gasteiger partial charge in [-0.1, -0.05) is 44.2 Å². The van der Waals surface area contributed by atoms with E-state index in [9.17, 15) is 9.59 Å². The number of hydrogen-bond acceptors (Lipinski definition) is 3. The summed E-state index contributed by atoms with van der Waals surface area (Å²) >= 11 is 0. The van der Waals surface area contributed by atoms with Gasteiger partial charge < -0.3 is 20.3 Å². The molecule has 2 aliphatic rings. The lowest BCUT2D eigenvalue weighted by atomic mass is 9.95.